The molecule has 1 aliphatic rings. The largest absolute Gasteiger partial charge is 0.292 e. The minimum atomic E-state index is -4.76. The van der Waals surface area contributed by atoms with E-state index in [1.165, 1.54) is 24.3 Å². The molecule has 3 aromatic carbocycles. The van der Waals surface area contributed by atoms with Crippen molar-refractivity contribution in [2.24, 2.45) is 4.99 Å². The van der Waals surface area contributed by atoms with Gasteiger partial charge in [0.25, 0.3) is 15.7 Å². The molecule has 0 amide bonds. The fourth-order valence-electron chi connectivity index (χ4n) is 3.84. The Hall–Kier alpha value is -3.34. The molecule has 4 rings (SSSR count). The van der Waals surface area contributed by atoms with E-state index in [9.17, 15) is 27.7 Å². The average molecular weight is 536 g/mol. The number of halogens is 3. The Bertz CT molecular complexity index is 1420. The van der Waals surface area contributed by atoms with Crippen LogP contribution in [0.3, 0.4) is 0 Å². The first-order valence-electron chi connectivity index (χ1n) is 10.1. The standard InChI is InChI=1S/C23H16Cl2FN3O5S/c24-22(25)23-27-19(14-6-2-1-3-7-14)20(21(30)15-10-12-16(26)13-11-15)28(23)35(33,34)18-9-5-4-8-17(18)29(31)32/h1-13,19-20,22H/t19-,20+/m1/s1. The molecule has 0 spiro atoms. The highest BCUT2D eigenvalue weighted by molar-refractivity contribution is 7.90. The minimum Gasteiger partial charge on any atom is -0.292 e. The predicted octanol–water partition coefficient (Wildman–Crippen LogP) is 4.93. The number of hydrogen-bond donors (Lipinski definition) is 0. The monoisotopic (exact) mass is 535 g/mol. The molecule has 0 N–H and O–H groups in total. The molecule has 0 aromatic heterocycles. The van der Waals surface area contributed by atoms with Crippen LogP contribution in [0.15, 0.2) is 88.8 Å². The van der Waals surface area contributed by atoms with Gasteiger partial charge >= 0.3 is 0 Å². The second-order valence-electron chi connectivity index (χ2n) is 7.49. The molecule has 1 aliphatic heterocycles. The Labute approximate surface area is 209 Å². The highest BCUT2D eigenvalue weighted by atomic mass is 35.5. The molecule has 35 heavy (non-hydrogen) atoms. The molecular weight excluding hydrogens is 520 g/mol. The normalized spacial score (nSPS) is 17.9. The SMILES string of the molecule is O=C(c1ccc(F)cc1)[C@@H]1[C@@H](c2ccccc2)N=C(C(Cl)Cl)N1S(=O)(=O)c1ccccc1[N+](=O)[O-]. The number of carbonyl (C=O) groups excluding carboxylic acids is 1. The van der Waals surface area contributed by atoms with Crippen LogP contribution in [0, 0.1) is 15.9 Å². The van der Waals surface area contributed by atoms with E-state index in [-0.39, 0.29) is 11.4 Å². The van der Waals surface area contributed by atoms with E-state index in [0.29, 0.717) is 9.87 Å². The molecule has 0 unspecified atom stereocenters. The summed E-state index contributed by atoms with van der Waals surface area (Å²) in [6.07, 6.45) is 0. The molecular formula is C23H16Cl2FN3O5S. The van der Waals surface area contributed by atoms with E-state index in [1.54, 1.807) is 30.3 Å². The molecule has 1 heterocycles. The van der Waals surface area contributed by atoms with Gasteiger partial charge < -0.3 is 0 Å². The van der Waals surface area contributed by atoms with E-state index < -0.39 is 54.0 Å². The van der Waals surface area contributed by atoms with Gasteiger partial charge in [-0.3, -0.25) is 19.9 Å². The number of benzene rings is 3. The lowest BCUT2D eigenvalue weighted by Gasteiger charge is -2.29. The molecule has 0 aliphatic carbocycles. The number of rotatable bonds is 7. The van der Waals surface area contributed by atoms with Gasteiger partial charge in [0, 0.05) is 11.6 Å². The van der Waals surface area contributed by atoms with Crippen LogP contribution in [0.4, 0.5) is 10.1 Å². The van der Waals surface area contributed by atoms with Gasteiger partial charge in [-0.05, 0) is 35.9 Å². The van der Waals surface area contributed by atoms with Crippen molar-refractivity contribution in [3.05, 3.63) is 106 Å². The fourth-order valence-corrected chi connectivity index (χ4v) is 6.06. The summed E-state index contributed by atoms with van der Waals surface area (Å²) in [6.45, 7) is 0. The minimum absolute atomic E-state index is 0.0113. The summed E-state index contributed by atoms with van der Waals surface area (Å²) in [6, 6.07) is 15.1. The number of ketones is 1. The Morgan fingerprint density at radius 3 is 2.20 bits per heavy atom. The number of nitro groups is 1. The Morgan fingerprint density at radius 2 is 1.60 bits per heavy atom. The van der Waals surface area contributed by atoms with Crippen LogP contribution < -0.4 is 0 Å². The topological polar surface area (TPSA) is 110 Å². The van der Waals surface area contributed by atoms with Crippen LogP contribution in [0.25, 0.3) is 0 Å². The first kappa shape index (κ1) is 24.8. The van der Waals surface area contributed by atoms with Crippen LogP contribution in [-0.4, -0.2) is 40.1 Å². The third-order valence-electron chi connectivity index (χ3n) is 5.38. The molecule has 3 aromatic rings. The highest BCUT2D eigenvalue weighted by Gasteiger charge is 2.50. The van der Waals surface area contributed by atoms with E-state index in [2.05, 4.69) is 4.99 Å². The number of carbonyl (C=O) groups is 1. The maximum Gasteiger partial charge on any atom is 0.289 e. The fraction of sp³-hybridized carbons (Fsp3) is 0.130. The van der Waals surface area contributed by atoms with Crippen molar-refractivity contribution in [1.82, 2.24) is 4.31 Å². The maximum absolute atomic E-state index is 13.9. The summed E-state index contributed by atoms with van der Waals surface area (Å²) in [5, 5.41) is 11.6. The molecule has 0 saturated heterocycles. The van der Waals surface area contributed by atoms with Crippen LogP contribution in [0.2, 0.25) is 0 Å². The van der Waals surface area contributed by atoms with Gasteiger partial charge in [0.15, 0.2) is 15.5 Å². The summed E-state index contributed by atoms with van der Waals surface area (Å²) in [5.74, 6) is -1.66. The second kappa shape index (κ2) is 9.73. The Kier molecular flexibility index (Phi) is 6.88. The van der Waals surface area contributed by atoms with Gasteiger partial charge in [0.1, 0.15) is 23.7 Å². The molecule has 0 saturated carbocycles. The van der Waals surface area contributed by atoms with Gasteiger partial charge in [-0.1, -0.05) is 65.7 Å². The zero-order valence-corrected chi connectivity index (χ0v) is 20.0. The van der Waals surface area contributed by atoms with Gasteiger partial charge in [0.2, 0.25) is 0 Å². The number of nitro benzene ring substituents is 1. The summed E-state index contributed by atoms with van der Waals surface area (Å²) in [5.41, 5.74) is -0.194. The third kappa shape index (κ3) is 4.64. The number of nitrogens with zero attached hydrogens (tertiary/aromatic N) is 3. The summed E-state index contributed by atoms with van der Waals surface area (Å²) in [7, 11) is -4.76. The predicted molar refractivity (Wildman–Crippen MR) is 129 cm³/mol. The van der Waals surface area contributed by atoms with Crippen LogP contribution in [-0.2, 0) is 10.0 Å². The molecule has 8 nitrogen and oxygen atoms in total. The van der Waals surface area contributed by atoms with Crippen molar-refractivity contribution in [3.63, 3.8) is 0 Å². The second-order valence-corrected chi connectivity index (χ2v) is 10.4. The van der Waals surface area contributed by atoms with E-state index in [0.717, 1.165) is 24.3 Å². The zero-order valence-electron chi connectivity index (χ0n) is 17.7. The lowest BCUT2D eigenvalue weighted by Crippen LogP contribution is -2.48. The number of alkyl halides is 2. The molecule has 12 heteroatoms. The number of amidine groups is 1. The Balaban J connectivity index is 1.95. The van der Waals surface area contributed by atoms with Gasteiger partial charge in [-0.15, -0.1) is 0 Å². The number of hydrogen-bond acceptors (Lipinski definition) is 6. The number of sulfonamides is 1. The molecule has 0 fully saturated rings. The lowest BCUT2D eigenvalue weighted by atomic mass is 9.94. The summed E-state index contributed by atoms with van der Waals surface area (Å²) < 4.78 is 41.9. The molecule has 180 valence electrons. The third-order valence-corrected chi connectivity index (χ3v) is 7.60. The first-order valence-corrected chi connectivity index (χ1v) is 12.4. The van der Waals surface area contributed by atoms with E-state index in [1.807, 2.05) is 0 Å². The van der Waals surface area contributed by atoms with Gasteiger partial charge in [-0.2, -0.15) is 0 Å². The van der Waals surface area contributed by atoms with Crippen molar-refractivity contribution in [3.8, 4) is 0 Å². The van der Waals surface area contributed by atoms with Crippen molar-refractivity contribution >= 4 is 50.5 Å². The van der Waals surface area contributed by atoms with Crippen LogP contribution >= 0.6 is 23.2 Å². The van der Waals surface area contributed by atoms with Gasteiger partial charge in [-0.25, -0.2) is 17.1 Å². The van der Waals surface area contributed by atoms with Crippen LogP contribution in [0.1, 0.15) is 22.0 Å². The van der Waals surface area contributed by atoms with Crippen molar-refractivity contribution < 1.29 is 22.5 Å². The molecule has 2 atom stereocenters. The molecule has 0 bridgehead atoms. The lowest BCUT2D eigenvalue weighted by molar-refractivity contribution is -0.387. The molecule has 0 radical (unpaired) electrons. The first-order chi connectivity index (χ1) is 16.6. The summed E-state index contributed by atoms with van der Waals surface area (Å²) in [4.78, 5) is 26.7. The number of Topliss-reactive ketones (excluding diaryl/α,β-unsaturated/α-hetero) is 1. The maximum atomic E-state index is 13.9. The Morgan fingerprint density at radius 1 is 1.00 bits per heavy atom. The zero-order chi connectivity index (χ0) is 25.3. The average Bonchev–Trinajstić information content (AvgIpc) is 3.26. The van der Waals surface area contributed by atoms with E-state index in [4.69, 9.17) is 23.2 Å². The smallest absolute Gasteiger partial charge is 0.289 e. The quantitative estimate of drug-likeness (QED) is 0.184. The highest BCUT2D eigenvalue weighted by Crippen LogP contribution is 2.40. The van der Waals surface area contributed by atoms with Crippen molar-refractivity contribution in [1.29, 1.82) is 0 Å². The van der Waals surface area contributed by atoms with Gasteiger partial charge in [0.05, 0.1) is 4.92 Å². The number of aliphatic imine (C=N–C) groups is 1. The van der Waals surface area contributed by atoms with Crippen molar-refractivity contribution in [2.75, 3.05) is 0 Å². The van der Waals surface area contributed by atoms with Crippen LogP contribution in [0.5, 0.6) is 0 Å². The van der Waals surface area contributed by atoms with E-state index >= 15 is 0 Å². The number of para-hydroxylation sites is 1. The van der Waals surface area contributed by atoms with Crippen molar-refractivity contribution in [2.45, 2.75) is 21.8 Å². The summed E-state index contributed by atoms with van der Waals surface area (Å²) >= 11 is 12.2.